The zero-order valence-electron chi connectivity index (χ0n) is 8.74. The molecule has 0 N–H and O–H groups in total. The first-order chi connectivity index (χ1) is 8.06. The van der Waals surface area contributed by atoms with E-state index >= 15 is 0 Å². The number of esters is 1. The van der Waals surface area contributed by atoms with E-state index in [9.17, 15) is 18.4 Å². The molecule has 0 aliphatic carbocycles. The first-order valence-electron chi connectivity index (χ1n) is 4.45. The van der Waals surface area contributed by atoms with Crippen molar-refractivity contribution in [2.45, 2.75) is 6.43 Å². The molecule has 1 aromatic carbocycles. The summed E-state index contributed by atoms with van der Waals surface area (Å²) in [6.45, 7) is 0. The minimum Gasteiger partial charge on any atom is -0.465 e. The molecule has 0 aliphatic heterocycles. The van der Waals surface area contributed by atoms with Crippen molar-refractivity contribution < 1.29 is 23.1 Å². The lowest BCUT2D eigenvalue weighted by atomic mass is 9.97. The summed E-state index contributed by atoms with van der Waals surface area (Å²) in [4.78, 5) is 21.9. The Balaban J connectivity index is 3.59. The van der Waals surface area contributed by atoms with Gasteiger partial charge in [-0.2, -0.15) is 5.26 Å². The first kappa shape index (κ1) is 12.8. The molecule has 0 atom stereocenters. The maximum atomic E-state index is 12.7. The average Bonchev–Trinajstić information content (AvgIpc) is 2.35. The van der Waals surface area contributed by atoms with Crippen LogP contribution in [0, 0.1) is 11.3 Å². The molecule has 0 bridgehead atoms. The Morgan fingerprint density at radius 3 is 2.59 bits per heavy atom. The Hall–Kier alpha value is -2.29. The summed E-state index contributed by atoms with van der Waals surface area (Å²) in [7, 11) is 1.07. The standard InChI is InChI=1S/C11H7F2NO3/c1-17-11(16)7-3-2-6(5-15)9(10(12)13)8(7)4-14/h2-3,5,10H,1H3. The summed E-state index contributed by atoms with van der Waals surface area (Å²) < 4.78 is 29.9. The van der Waals surface area contributed by atoms with Crippen LogP contribution in [0.1, 0.15) is 38.3 Å². The summed E-state index contributed by atoms with van der Waals surface area (Å²) in [6, 6.07) is 3.66. The lowest BCUT2D eigenvalue weighted by molar-refractivity contribution is 0.0599. The fourth-order valence-corrected chi connectivity index (χ4v) is 1.37. The van der Waals surface area contributed by atoms with Crippen LogP contribution in [0.2, 0.25) is 0 Å². The first-order valence-corrected chi connectivity index (χ1v) is 4.45. The number of nitrogens with zero attached hydrogens (tertiary/aromatic N) is 1. The van der Waals surface area contributed by atoms with E-state index in [2.05, 4.69) is 4.74 Å². The number of carbonyl (C=O) groups excluding carboxylic acids is 2. The van der Waals surface area contributed by atoms with Gasteiger partial charge in [0.15, 0.2) is 6.29 Å². The molecule has 0 aromatic heterocycles. The Bertz CT molecular complexity index is 506. The maximum Gasteiger partial charge on any atom is 0.339 e. The summed E-state index contributed by atoms with van der Waals surface area (Å²) in [5, 5.41) is 8.81. The highest BCUT2D eigenvalue weighted by Crippen LogP contribution is 2.28. The van der Waals surface area contributed by atoms with Crippen molar-refractivity contribution >= 4 is 12.3 Å². The van der Waals surface area contributed by atoms with Gasteiger partial charge in [-0.05, 0) is 6.07 Å². The van der Waals surface area contributed by atoms with Gasteiger partial charge in [-0.1, -0.05) is 6.07 Å². The molecule has 0 amide bonds. The van der Waals surface area contributed by atoms with Crippen LogP contribution in [-0.2, 0) is 4.74 Å². The van der Waals surface area contributed by atoms with Crippen LogP contribution in [0.15, 0.2) is 12.1 Å². The SMILES string of the molecule is COC(=O)c1ccc(C=O)c(C(F)F)c1C#N. The maximum absolute atomic E-state index is 12.7. The van der Waals surface area contributed by atoms with E-state index in [1.807, 2.05) is 0 Å². The molecule has 88 valence electrons. The average molecular weight is 239 g/mol. The number of alkyl halides is 2. The number of hydrogen-bond acceptors (Lipinski definition) is 4. The fraction of sp³-hybridized carbons (Fsp3) is 0.182. The Morgan fingerprint density at radius 1 is 1.53 bits per heavy atom. The largest absolute Gasteiger partial charge is 0.465 e. The molecule has 1 rings (SSSR count). The van der Waals surface area contributed by atoms with E-state index in [0.29, 0.717) is 0 Å². The predicted molar refractivity (Wildman–Crippen MR) is 52.8 cm³/mol. The molecule has 17 heavy (non-hydrogen) atoms. The molecular weight excluding hydrogens is 232 g/mol. The number of benzene rings is 1. The summed E-state index contributed by atoms with van der Waals surface area (Å²) in [6.07, 6.45) is -2.81. The van der Waals surface area contributed by atoms with E-state index in [4.69, 9.17) is 5.26 Å². The van der Waals surface area contributed by atoms with Crippen molar-refractivity contribution in [3.8, 4) is 6.07 Å². The number of nitriles is 1. The normalized spacial score (nSPS) is 9.82. The molecule has 0 saturated heterocycles. The van der Waals surface area contributed by atoms with E-state index in [0.717, 1.165) is 19.2 Å². The van der Waals surface area contributed by atoms with E-state index in [1.165, 1.54) is 6.07 Å². The van der Waals surface area contributed by atoms with Crippen LogP contribution in [0.5, 0.6) is 0 Å². The molecule has 0 heterocycles. The van der Waals surface area contributed by atoms with Gasteiger partial charge >= 0.3 is 5.97 Å². The molecule has 0 unspecified atom stereocenters. The zero-order valence-corrected chi connectivity index (χ0v) is 8.74. The van der Waals surface area contributed by atoms with Crippen molar-refractivity contribution in [3.05, 3.63) is 34.4 Å². The van der Waals surface area contributed by atoms with Gasteiger partial charge in [0, 0.05) is 11.1 Å². The highest BCUT2D eigenvalue weighted by atomic mass is 19.3. The van der Waals surface area contributed by atoms with E-state index in [-0.39, 0.29) is 17.4 Å². The molecule has 6 heteroatoms. The lowest BCUT2D eigenvalue weighted by Crippen LogP contribution is -2.09. The summed E-state index contributed by atoms with van der Waals surface area (Å²) >= 11 is 0. The molecule has 0 spiro atoms. The number of halogens is 2. The minimum atomic E-state index is -3.02. The molecule has 0 fully saturated rings. The Kier molecular flexibility index (Phi) is 3.88. The van der Waals surface area contributed by atoms with Crippen molar-refractivity contribution in [3.63, 3.8) is 0 Å². The van der Waals surface area contributed by atoms with Crippen LogP contribution in [0.4, 0.5) is 8.78 Å². The van der Waals surface area contributed by atoms with Crippen LogP contribution in [-0.4, -0.2) is 19.4 Å². The topological polar surface area (TPSA) is 67.2 Å². The van der Waals surface area contributed by atoms with E-state index < -0.39 is 23.5 Å². The predicted octanol–water partition coefficient (Wildman–Crippen LogP) is 2.09. The van der Waals surface area contributed by atoms with Gasteiger partial charge in [-0.25, -0.2) is 13.6 Å². The third kappa shape index (κ3) is 2.28. The van der Waals surface area contributed by atoms with Crippen molar-refractivity contribution in [2.75, 3.05) is 7.11 Å². The van der Waals surface area contributed by atoms with Gasteiger partial charge in [0.1, 0.15) is 6.07 Å². The van der Waals surface area contributed by atoms with Gasteiger partial charge in [-0.15, -0.1) is 0 Å². The van der Waals surface area contributed by atoms with E-state index in [1.54, 1.807) is 0 Å². The Morgan fingerprint density at radius 2 is 2.18 bits per heavy atom. The van der Waals surface area contributed by atoms with Crippen molar-refractivity contribution in [1.82, 2.24) is 0 Å². The highest BCUT2D eigenvalue weighted by Gasteiger charge is 2.23. The molecule has 0 aliphatic rings. The third-order valence-electron chi connectivity index (χ3n) is 2.14. The zero-order chi connectivity index (χ0) is 13.0. The number of ether oxygens (including phenoxy) is 1. The molecule has 1 aromatic rings. The van der Waals surface area contributed by atoms with Gasteiger partial charge in [0.25, 0.3) is 6.43 Å². The van der Waals surface area contributed by atoms with Crippen LogP contribution < -0.4 is 0 Å². The lowest BCUT2D eigenvalue weighted by Gasteiger charge is -2.09. The highest BCUT2D eigenvalue weighted by molar-refractivity contribution is 5.94. The molecule has 4 nitrogen and oxygen atoms in total. The Labute approximate surface area is 95.4 Å². The van der Waals surface area contributed by atoms with Gasteiger partial charge in [0.2, 0.25) is 0 Å². The number of methoxy groups -OCH3 is 1. The molecule has 0 saturated carbocycles. The van der Waals surface area contributed by atoms with Crippen LogP contribution in [0.3, 0.4) is 0 Å². The van der Waals surface area contributed by atoms with Crippen LogP contribution in [0.25, 0.3) is 0 Å². The van der Waals surface area contributed by atoms with Crippen molar-refractivity contribution in [1.29, 1.82) is 5.26 Å². The fourth-order valence-electron chi connectivity index (χ4n) is 1.37. The molecular formula is C11H7F2NO3. The van der Waals surface area contributed by atoms with Gasteiger partial charge in [-0.3, -0.25) is 4.79 Å². The summed E-state index contributed by atoms with van der Waals surface area (Å²) in [5.41, 5.74) is -1.87. The third-order valence-corrected chi connectivity index (χ3v) is 2.14. The quantitative estimate of drug-likeness (QED) is 0.598. The second kappa shape index (κ2) is 5.16. The molecule has 0 radical (unpaired) electrons. The second-order valence-corrected chi connectivity index (χ2v) is 3.01. The minimum absolute atomic E-state index is 0.212. The van der Waals surface area contributed by atoms with Crippen LogP contribution >= 0.6 is 0 Å². The number of carbonyl (C=O) groups is 2. The van der Waals surface area contributed by atoms with Crippen molar-refractivity contribution in [2.24, 2.45) is 0 Å². The number of rotatable bonds is 3. The number of aldehydes is 1. The summed E-state index contributed by atoms with van der Waals surface area (Å²) in [5.74, 6) is -0.902. The van der Waals surface area contributed by atoms with Gasteiger partial charge < -0.3 is 4.74 Å². The second-order valence-electron chi connectivity index (χ2n) is 3.01. The number of hydrogen-bond donors (Lipinski definition) is 0. The monoisotopic (exact) mass is 239 g/mol. The smallest absolute Gasteiger partial charge is 0.339 e. The van der Waals surface area contributed by atoms with Gasteiger partial charge in [0.05, 0.1) is 18.2 Å².